The van der Waals surface area contributed by atoms with Crippen molar-refractivity contribution >= 4 is 40.4 Å². The maximum atomic E-state index is 11.1. The molecule has 1 aliphatic rings. The predicted molar refractivity (Wildman–Crippen MR) is 112 cm³/mol. The highest BCUT2D eigenvalue weighted by atomic mass is 16.1. The number of ketones is 1. The van der Waals surface area contributed by atoms with Crippen molar-refractivity contribution in [3.8, 4) is 0 Å². The summed E-state index contributed by atoms with van der Waals surface area (Å²) in [5.41, 5.74) is 18.1. The molecule has 0 saturated carbocycles. The molecule has 0 atom stereocenters. The summed E-state index contributed by atoms with van der Waals surface area (Å²) in [6, 6.07) is 3.69. The highest BCUT2D eigenvalue weighted by Crippen LogP contribution is 2.35. The first-order valence-electron chi connectivity index (χ1n) is 9.22. The van der Waals surface area contributed by atoms with E-state index in [-0.39, 0.29) is 5.78 Å². The van der Waals surface area contributed by atoms with Crippen LogP contribution in [-0.2, 0) is 17.6 Å². The molecular formula is C21H25N5O. The Hall–Kier alpha value is -3.02. The van der Waals surface area contributed by atoms with Gasteiger partial charge in [-0.1, -0.05) is 0 Å². The van der Waals surface area contributed by atoms with Gasteiger partial charge < -0.3 is 16.9 Å². The van der Waals surface area contributed by atoms with Crippen LogP contribution in [0.5, 0.6) is 0 Å². The molecule has 0 spiro atoms. The smallest absolute Gasteiger partial charge is 0.131 e. The SMILES string of the molecule is CC(=O)CCN=C/C(=C\N)c1nc2ccc(N)c(C=N)c2c2c1CCCC2. The third kappa shape index (κ3) is 3.74. The predicted octanol–water partition coefficient (Wildman–Crippen LogP) is 3.04. The molecule has 6 heteroatoms. The second-order valence-corrected chi connectivity index (χ2v) is 6.84. The molecule has 6 nitrogen and oxygen atoms in total. The maximum Gasteiger partial charge on any atom is 0.131 e. The van der Waals surface area contributed by atoms with Gasteiger partial charge in [-0.3, -0.25) is 9.79 Å². The van der Waals surface area contributed by atoms with Crippen molar-refractivity contribution in [3.05, 3.63) is 40.7 Å². The zero-order valence-electron chi connectivity index (χ0n) is 15.6. The third-order valence-electron chi connectivity index (χ3n) is 4.97. The van der Waals surface area contributed by atoms with Crippen molar-refractivity contribution in [2.24, 2.45) is 10.7 Å². The molecule has 0 fully saturated rings. The van der Waals surface area contributed by atoms with E-state index in [1.54, 1.807) is 19.2 Å². The van der Waals surface area contributed by atoms with Gasteiger partial charge in [0.15, 0.2) is 0 Å². The molecule has 0 saturated heterocycles. The van der Waals surface area contributed by atoms with E-state index >= 15 is 0 Å². The lowest BCUT2D eigenvalue weighted by Gasteiger charge is -2.22. The molecule has 1 aromatic heterocycles. The molecule has 1 heterocycles. The van der Waals surface area contributed by atoms with Crippen LogP contribution >= 0.6 is 0 Å². The number of hydrogen-bond donors (Lipinski definition) is 3. The molecule has 0 aliphatic heterocycles. The number of rotatable bonds is 6. The van der Waals surface area contributed by atoms with Crippen molar-refractivity contribution < 1.29 is 4.79 Å². The second-order valence-electron chi connectivity index (χ2n) is 6.84. The van der Waals surface area contributed by atoms with Crippen molar-refractivity contribution in [3.63, 3.8) is 0 Å². The van der Waals surface area contributed by atoms with Gasteiger partial charge in [-0.15, -0.1) is 0 Å². The number of carbonyl (C=O) groups is 1. The van der Waals surface area contributed by atoms with Gasteiger partial charge in [0, 0.05) is 53.8 Å². The van der Waals surface area contributed by atoms with Gasteiger partial charge in [0.2, 0.25) is 0 Å². The molecule has 1 aliphatic carbocycles. The Morgan fingerprint density at radius 3 is 2.70 bits per heavy atom. The van der Waals surface area contributed by atoms with Gasteiger partial charge in [0.1, 0.15) is 5.78 Å². The number of pyridine rings is 1. The van der Waals surface area contributed by atoms with Crippen molar-refractivity contribution in [2.45, 2.75) is 39.0 Å². The highest BCUT2D eigenvalue weighted by molar-refractivity contribution is 6.11. The van der Waals surface area contributed by atoms with Crippen molar-refractivity contribution in [2.75, 3.05) is 12.3 Å². The lowest BCUT2D eigenvalue weighted by molar-refractivity contribution is -0.116. The van der Waals surface area contributed by atoms with Crippen LogP contribution in [0, 0.1) is 5.41 Å². The van der Waals surface area contributed by atoms with Gasteiger partial charge in [-0.2, -0.15) is 0 Å². The van der Waals surface area contributed by atoms with E-state index in [9.17, 15) is 4.79 Å². The molecule has 1 aromatic carbocycles. The zero-order valence-corrected chi connectivity index (χ0v) is 15.6. The first kappa shape index (κ1) is 18.8. The Kier molecular flexibility index (Phi) is 5.64. The number of nitrogen functional groups attached to an aromatic ring is 1. The number of nitrogens with zero attached hydrogens (tertiary/aromatic N) is 2. The fraction of sp³-hybridized carbons (Fsp3) is 0.333. The summed E-state index contributed by atoms with van der Waals surface area (Å²) >= 11 is 0. The summed E-state index contributed by atoms with van der Waals surface area (Å²) in [7, 11) is 0. The van der Waals surface area contributed by atoms with Gasteiger partial charge in [0.25, 0.3) is 0 Å². The normalized spacial score (nSPS) is 14.5. The number of aryl methyl sites for hydroxylation is 1. The summed E-state index contributed by atoms with van der Waals surface area (Å²) in [5, 5.41) is 8.77. The minimum atomic E-state index is 0.114. The Balaban J connectivity index is 2.15. The minimum Gasteiger partial charge on any atom is -0.404 e. The average molecular weight is 363 g/mol. The number of aromatic nitrogens is 1. The molecule has 0 bridgehead atoms. The Bertz CT molecular complexity index is 959. The van der Waals surface area contributed by atoms with Gasteiger partial charge in [-0.25, -0.2) is 4.98 Å². The number of fused-ring (bicyclic) bond motifs is 3. The number of aliphatic imine (C=N–C) groups is 1. The Morgan fingerprint density at radius 2 is 2.04 bits per heavy atom. The molecule has 0 unspecified atom stereocenters. The second kappa shape index (κ2) is 8.12. The minimum absolute atomic E-state index is 0.114. The molecule has 5 N–H and O–H groups in total. The van der Waals surface area contributed by atoms with Crippen LogP contribution in [0.2, 0.25) is 0 Å². The Morgan fingerprint density at radius 1 is 1.30 bits per heavy atom. The summed E-state index contributed by atoms with van der Waals surface area (Å²) in [6.45, 7) is 2.00. The van der Waals surface area contributed by atoms with Crippen LogP contribution < -0.4 is 11.5 Å². The van der Waals surface area contributed by atoms with Gasteiger partial charge in [-0.05, 0) is 55.9 Å². The topological polar surface area (TPSA) is 118 Å². The fourth-order valence-corrected chi connectivity index (χ4v) is 3.63. The van der Waals surface area contributed by atoms with E-state index < -0.39 is 0 Å². The molecule has 3 rings (SSSR count). The fourth-order valence-electron chi connectivity index (χ4n) is 3.63. The van der Waals surface area contributed by atoms with Gasteiger partial charge in [0.05, 0.1) is 11.2 Å². The zero-order chi connectivity index (χ0) is 19.4. The lowest BCUT2D eigenvalue weighted by atomic mass is 9.85. The number of benzene rings is 1. The van der Waals surface area contributed by atoms with E-state index in [1.807, 2.05) is 6.07 Å². The summed E-state index contributed by atoms with van der Waals surface area (Å²) in [4.78, 5) is 20.3. The van der Waals surface area contributed by atoms with Crippen molar-refractivity contribution in [1.82, 2.24) is 4.98 Å². The van der Waals surface area contributed by atoms with Crippen LogP contribution in [-0.4, -0.2) is 29.7 Å². The van der Waals surface area contributed by atoms with E-state index in [4.69, 9.17) is 21.9 Å². The molecule has 2 aromatic rings. The standard InChI is InChI=1S/C21H25N5O/c1-13(27)8-9-25-12-14(10-22)21-16-5-3-2-4-15(16)20-17(11-23)18(24)6-7-19(20)26-21/h6-7,10-12,23H,2-5,8-9,22,24H2,1H3/b14-10+,23-11?,25-12?. The number of nitrogens with one attached hydrogen (secondary N) is 1. The van der Waals surface area contributed by atoms with E-state index in [1.165, 1.54) is 18.0 Å². The number of anilines is 1. The van der Waals surface area contributed by atoms with E-state index in [0.717, 1.165) is 59.0 Å². The maximum absolute atomic E-state index is 11.1. The number of carbonyl (C=O) groups excluding carboxylic acids is 1. The monoisotopic (exact) mass is 363 g/mol. The first-order valence-corrected chi connectivity index (χ1v) is 9.22. The largest absolute Gasteiger partial charge is 0.404 e. The van der Waals surface area contributed by atoms with E-state index in [0.29, 0.717) is 18.7 Å². The number of nitrogens with two attached hydrogens (primary N) is 2. The lowest BCUT2D eigenvalue weighted by Crippen LogP contribution is -2.12. The first-order chi connectivity index (χ1) is 13.1. The summed E-state index contributed by atoms with van der Waals surface area (Å²) in [5.74, 6) is 0.114. The van der Waals surface area contributed by atoms with Crippen molar-refractivity contribution in [1.29, 1.82) is 5.41 Å². The number of Topliss-reactive ketones (excluding diaryl/α,β-unsaturated/α-hetero) is 1. The molecular weight excluding hydrogens is 338 g/mol. The van der Waals surface area contributed by atoms with Crippen LogP contribution in [0.4, 0.5) is 5.69 Å². The number of allylic oxidation sites excluding steroid dienone is 1. The third-order valence-corrected chi connectivity index (χ3v) is 4.97. The van der Waals surface area contributed by atoms with Gasteiger partial charge >= 0.3 is 0 Å². The van der Waals surface area contributed by atoms with E-state index in [2.05, 4.69) is 4.99 Å². The molecule has 0 radical (unpaired) electrons. The molecule has 0 amide bonds. The van der Waals surface area contributed by atoms with Crippen LogP contribution in [0.3, 0.4) is 0 Å². The average Bonchev–Trinajstić information content (AvgIpc) is 2.67. The number of hydrogen-bond acceptors (Lipinski definition) is 6. The van der Waals surface area contributed by atoms with Crippen LogP contribution in [0.1, 0.15) is 48.6 Å². The van der Waals surface area contributed by atoms with Crippen LogP contribution in [0.15, 0.2) is 23.3 Å². The quantitative estimate of drug-likeness (QED) is 0.540. The highest BCUT2D eigenvalue weighted by Gasteiger charge is 2.22. The molecule has 140 valence electrons. The summed E-state index contributed by atoms with van der Waals surface area (Å²) in [6.07, 6.45) is 9.01. The van der Waals surface area contributed by atoms with Crippen LogP contribution in [0.25, 0.3) is 16.5 Å². The Labute approximate surface area is 158 Å². The molecule has 27 heavy (non-hydrogen) atoms. The summed E-state index contributed by atoms with van der Waals surface area (Å²) < 4.78 is 0.